The molecule has 2 aromatic heterocycles. The van der Waals surface area contributed by atoms with Gasteiger partial charge in [0.25, 0.3) is 0 Å². The van der Waals surface area contributed by atoms with Crippen molar-refractivity contribution in [3.8, 4) is 6.07 Å². The van der Waals surface area contributed by atoms with Gasteiger partial charge < -0.3 is 10.4 Å². The predicted molar refractivity (Wildman–Crippen MR) is 93.7 cm³/mol. The van der Waals surface area contributed by atoms with Crippen molar-refractivity contribution in [3.05, 3.63) is 58.3 Å². The molecule has 0 fully saturated rings. The molecule has 0 saturated carbocycles. The summed E-state index contributed by atoms with van der Waals surface area (Å²) in [7, 11) is 0. The summed E-state index contributed by atoms with van der Waals surface area (Å²) >= 11 is 1.39. The van der Waals surface area contributed by atoms with Crippen molar-refractivity contribution in [2.45, 2.75) is 13.3 Å². The van der Waals surface area contributed by atoms with E-state index >= 15 is 0 Å². The molecule has 2 heterocycles. The third-order valence-electron chi connectivity index (χ3n) is 3.42. The van der Waals surface area contributed by atoms with Crippen LogP contribution in [-0.4, -0.2) is 15.9 Å². The number of thiazole rings is 1. The lowest BCUT2D eigenvalue weighted by molar-refractivity contribution is -0.121. The Bertz CT molecular complexity index is 947. The molecule has 6 nitrogen and oxygen atoms in total. The zero-order valence-corrected chi connectivity index (χ0v) is 13.8. The van der Waals surface area contributed by atoms with Gasteiger partial charge in [0.15, 0.2) is 0 Å². The lowest BCUT2D eigenvalue weighted by atomic mass is 10.1. The highest BCUT2D eigenvalue weighted by Gasteiger charge is 2.08. The minimum absolute atomic E-state index is 0.191. The number of carbonyl (C=O) groups excluding carboxylic acids is 1. The first kappa shape index (κ1) is 15.8. The standard InChI is InChI=1S/C17H15N5OS/c1-11-10-24-17(21-11)13(7-18)9-20-22-16(23)6-12-8-19-15-5-3-2-4-14(12)15/h2-5,8-10,19-20H,6H2,1H3,(H,22,23)/b13-9+. The molecule has 1 aromatic carbocycles. The number of H-pyrrole nitrogens is 1. The van der Waals surface area contributed by atoms with Crippen molar-refractivity contribution >= 4 is 33.7 Å². The number of hydrogen-bond acceptors (Lipinski definition) is 5. The van der Waals surface area contributed by atoms with Crippen LogP contribution in [0, 0.1) is 18.3 Å². The number of benzene rings is 1. The highest BCUT2D eigenvalue weighted by molar-refractivity contribution is 7.10. The number of aromatic amines is 1. The van der Waals surface area contributed by atoms with Crippen LogP contribution < -0.4 is 10.9 Å². The van der Waals surface area contributed by atoms with E-state index in [-0.39, 0.29) is 12.3 Å². The molecule has 3 aromatic rings. The number of carbonyl (C=O) groups is 1. The van der Waals surface area contributed by atoms with Crippen LogP contribution in [0.2, 0.25) is 0 Å². The largest absolute Gasteiger partial charge is 0.361 e. The van der Waals surface area contributed by atoms with Crippen LogP contribution in [-0.2, 0) is 11.2 Å². The Morgan fingerprint density at radius 2 is 2.29 bits per heavy atom. The minimum Gasteiger partial charge on any atom is -0.361 e. The van der Waals surface area contributed by atoms with Crippen molar-refractivity contribution in [2.75, 3.05) is 0 Å². The number of hydrazine groups is 1. The van der Waals surface area contributed by atoms with E-state index in [9.17, 15) is 10.1 Å². The van der Waals surface area contributed by atoms with Gasteiger partial charge in [0.2, 0.25) is 5.91 Å². The molecule has 3 N–H and O–H groups in total. The SMILES string of the molecule is Cc1csc(/C(C#N)=C/NNC(=O)Cc2c[nH]c3ccccc23)n1. The quantitative estimate of drug-likeness (QED) is 0.493. The molecule has 0 bridgehead atoms. The number of para-hydroxylation sites is 1. The molecule has 7 heteroatoms. The van der Waals surface area contributed by atoms with Crippen LogP contribution in [0.15, 0.2) is 42.0 Å². The van der Waals surface area contributed by atoms with Crippen LogP contribution in [0.1, 0.15) is 16.3 Å². The number of rotatable bonds is 5. The minimum atomic E-state index is -0.191. The van der Waals surface area contributed by atoms with Crippen molar-refractivity contribution in [3.63, 3.8) is 0 Å². The summed E-state index contributed by atoms with van der Waals surface area (Å²) in [6, 6.07) is 9.88. The summed E-state index contributed by atoms with van der Waals surface area (Å²) < 4.78 is 0. The van der Waals surface area contributed by atoms with Gasteiger partial charge in [-0.1, -0.05) is 18.2 Å². The smallest absolute Gasteiger partial charge is 0.242 e. The maximum Gasteiger partial charge on any atom is 0.242 e. The maximum absolute atomic E-state index is 12.1. The highest BCUT2D eigenvalue weighted by Crippen LogP contribution is 2.18. The maximum atomic E-state index is 12.1. The number of nitriles is 1. The predicted octanol–water partition coefficient (Wildman–Crippen LogP) is 2.66. The van der Waals surface area contributed by atoms with E-state index in [1.165, 1.54) is 17.5 Å². The van der Waals surface area contributed by atoms with Crippen LogP contribution in [0.4, 0.5) is 0 Å². The van der Waals surface area contributed by atoms with Gasteiger partial charge in [0, 0.05) is 34.4 Å². The summed E-state index contributed by atoms with van der Waals surface area (Å²) in [6.07, 6.45) is 3.52. The van der Waals surface area contributed by atoms with Gasteiger partial charge in [0.05, 0.1) is 6.42 Å². The third-order valence-corrected chi connectivity index (χ3v) is 4.42. The second kappa shape index (κ2) is 6.98. The van der Waals surface area contributed by atoms with E-state index < -0.39 is 0 Å². The van der Waals surface area contributed by atoms with Crippen LogP contribution in [0.5, 0.6) is 0 Å². The Morgan fingerprint density at radius 3 is 3.04 bits per heavy atom. The Kier molecular flexibility index (Phi) is 4.59. The van der Waals surface area contributed by atoms with Gasteiger partial charge in [-0.25, -0.2) is 4.98 Å². The topological polar surface area (TPSA) is 93.6 Å². The summed E-state index contributed by atoms with van der Waals surface area (Å²) in [6.45, 7) is 1.87. The second-order valence-electron chi connectivity index (χ2n) is 5.19. The molecule has 0 radical (unpaired) electrons. The number of nitrogens with one attached hydrogen (secondary N) is 3. The molecular formula is C17H15N5OS. The molecule has 0 aliphatic heterocycles. The van der Waals surface area contributed by atoms with Crippen molar-refractivity contribution in [1.29, 1.82) is 5.26 Å². The van der Waals surface area contributed by atoms with E-state index in [4.69, 9.17) is 0 Å². The molecule has 0 aliphatic carbocycles. The number of nitrogens with zero attached hydrogens (tertiary/aromatic N) is 2. The van der Waals surface area contributed by atoms with E-state index in [0.29, 0.717) is 10.6 Å². The Morgan fingerprint density at radius 1 is 1.46 bits per heavy atom. The fourth-order valence-corrected chi connectivity index (χ4v) is 3.07. The van der Waals surface area contributed by atoms with E-state index in [1.54, 1.807) is 0 Å². The number of fused-ring (bicyclic) bond motifs is 1. The zero-order chi connectivity index (χ0) is 16.9. The fraction of sp³-hybridized carbons (Fsp3) is 0.118. The first-order chi connectivity index (χ1) is 11.7. The lowest BCUT2D eigenvalue weighted by Crippen LogP contribution is -2.34. The van der Waals surface area contributed by atoms with Gasteiger partial charge in [-0.3, -0.25) is 10.2 Å². The van der Waals surface area contributed by atoms with E-state index in [2.05, 4.69) is 26.9 Å². The van der Waals surface area contributed by atoms with E-state index in [1.807, 2.05) is 42.8 Å². The number of amides is 1. The molecular weight excluding hydrogens is 322 g/mol. The molecule has 0 saturated heterocycles. The average Bonchev–Trinajstić information content (AvgIpc) is 3.19. The highest BCUT2D eigenvalue weighted by atomic mass is 32.1. The van der Waals surface area contributed by atoms with Gasteiger partial charge in [-0.05, 0) is 18.6 Å². The number of aromatic nitrogens is 2. The summed E-state index contributed by atoms with van der Waals surface area (Å²) in [4.78, 5) is 19.4. The van der Waals surface area contributed by atoms with Gasteiger partial charge in [0.1, 0.15) is 16.6 Å². The molecule has 0 aliphatic rings. The number of hydrogen-bond donors (Lipinski definition) is 3. The zero-order valence-electron chi connectivity index (χ0n) is 13.0. The molecule has 0 spiro atoms. The molecule has 120 valence electrons. The third kappa shape index (κ3) is 3.45. The monoisotopic (exact) mass is 337 g/mol. The fourth-order valence-electron chi connectivity index (χ4n) is 2.30. The Labute approximate surface area is 142 Å². The summed E-state index contributed by atoms with van der Waals surface area (Å²) in [5, 5.41) is 12.7. The normalized spacial score (nSPS) is 11.2. The first-order valence-electron chi connectivity index (χ1n) is 7.29. The van der Waals surface area contributed by atoms with Crippen LogP contribution in [0.3, 0.4) is 0 Å². The second-order valence-corrected chi connectivity index (χ2v) is 6.05. The Balaban J connectivity index is 1.61. The Hall–Kier alpha value is -3.11. The van der Waals surface area contributed by atoms with E-state index in [0.717, 1.165) is 22.2 Å². The summed E-state index contributed by atoms with van der Waals surface area (Å²) in [5.41, 5.74) is 8.41. The lowest BCUT2D eigenvalue weighted by Gasteiger charge is -2.04. The summed E-state index contributed by atoms with van der Waals surface area (Å²) in [5.74, 6) is -0.191. The molecule has 0 atom stereocenters. The average molecular weight is 337 g/mol. The van der Waals surface area contributed by atoms with Crippen molar-refractivity contribution in [1.82, 2.24) is 20.8 Å². The molecule has 3 rings (SSSR count). The van der Waals surface area contributed by atoms with Gasteiger partial charge >= 0.3 is 0 Å². The number of aryl methyl sites for hydroxylation is 1. The van der Waals surface area contributed by atoms with Gasteiger partial charge in [-0.2, -0.15) is 5.26 Å². The molecule has 0 unspecified atom stereocenters. The van der Waals surface area contributed by atoms with Crippen molar-refractivity contribution < 1.29 is 4.79 Å². The van der Waals surface area contributed by atoms with Crippen LogP contribution in [0.25, 0.3) is 16.5 Å². The molecule has 1 amide bonds. The first-order valence-corrected chi connectivity index (χ1v) is 8.17. The molecule has 24 heavy (non-hydrogen) atoms. The van der Waals surface area contributed by atoms with Gasteiger partial charge in [-0.15, -0.1) is 11.3 Å². The van der Waals surface area contributed by atoms with Crippen molar-refractivity contribution in [2.24, 2.45) is 0 Å². The van der Waals surface area contributed by atoms with Crippen LogP contribution >= 0.6 is 11.3 Å². The number of allylic oxidation sites excluding steroid dienone is 1.